The lowest BCUT2D eigenvalue weighted by Gasteiger charge is -1.29. The van der Waals surface area contributed by atoms with Crippen molar-refractivity contribution < 1.29 is 0 Å². The standard InChI is InChI=1S/2Al.Mg.H3Si.5H/h;;;1H3;;;;;. The van der Waals surface area contributed by atoms with Crippen LogP contribution in [-0.4, -0.2) is 55.8 Å². The Balaban J connectivity index is 0. The summed E-state index contributed by atoms with van der Waals surface area (Å²) in [6.07, 6.45) is 0. The summed E-state index contributed by atoms with van der Waals surface area (Å²) in [6, 6.07) is 0. The second-order valence-corrected chi connectivity index (χ2v) is 19.1. The zero-order chi connectivity index (χ0) is 2.71. The molecule has 0 rings (SSSR count). The first kappa shape index (κ1) is 9.41. The minimum atomic E-state index is 0. The van der Waals surface area contributed by atoms with Crippen LogP contribution in [0.4, 0.5) is 0 Å². The molecule has 0 aliphatic heterocycles. The van der Waals surface area contributed by atoms with Crippen molar-refractivity contribution in [2.75, 3.05) is 0 Å². The molecule has 4 heavy (non-hydrogen) atoms. The molecule has 0 heterocycles. The van der Waals surface area contributed by atoms with Crippen LogP contribution in [0.15, 0.2) is 0 Å². The van der Waals surface area contributed by atoms with Crippen LogP contribution in [0.1, 0.15) is 0 Å². The zero-order valence-electron chi connectivity index (χ0n) is 2.71. The van der Waals surface area contributed by atoms with Gasteiger partial charge in [-0.1, -0.05) is 0 Å². The Bertz CT molecular complexity index is 6.00. The molecule has 20 valence electrons. The molecule has 0 aromatic rings. The van der Waals surface area contributed by atoms with Gasteiger partial charge >= 0.3 is 0 Å². The highest BCUT2D eigenvalue weighted by atomic mass is 28.4. The molecular formula is H8Al2MgSi. The predicted octanol–water partition coefficient (Wildman–Crippen LogP) is -3.66. The van der Waals surface area contributed by atoms with E-state index in [1.54, 1.807) is 21.1 Å². The topological polar surface area (TPSA) is 0 Å². The highest BCUT2D eigenvalue weighted by Gasteiger charge is 1.56. The molecule has 0 nitrogen and oxygen atoms in total. The third kappa shape index (κ3) is 8.97. The molecule has 4 heteroatoms. The van der Waals surface area contributed by atoms with Crippen LogP contribution >= 0.6 is 0 Å². The van der Waals surface area contributed by atoms with E-state index in [9.17, 15) is 0 Å². The van der Waals surface area contributed by atoms with Gasteiger partial charge in [0.25, 0.3) is 17.3 Å². The summed E-state index contributed by atoms with van der Waals surface area (Å²) in [5.74, 6) is 0. The van der Waals surface area contributed by atoms with E-state index in [2.05, 4.69) is 0 Å². The van der Waals surface area contributed by atoms with Crippen molar-refractivity contribution in [2.45, 2.75) is 0 Å². The molecule has 0 unspecified atom stereocenters. The molecule has 0 saturated heterocycles. The van der Waals surface area contributed by atoms with Crippen LogP contribution in [0.5, 0.6) is 0 Å². The average Bonchev–Trinajstić information content (AvgIpc) is 0.918. The minimum Gasteiger partial charge on any atom is -0.118 e. The van der Waals surface area contributed by atoms with Crippen LogP contribution in [0, 0.1) is 0 Å². The van der Waals surface area contributed by atoms with E-state index < -0.39 is 0 Å². The molecule has 0 aromatic carbocycles. The summed E-state index contributed by atoms with van der Waals surface area (Å²) >= 11 is 2.26. The Morgan fingerprint density at radius 2 is 1.75 bits per heavy atom. The third-order valence-electron chi connectivity index (χ3n) is 0. The summed E-state index contributed by atoms with van der Waals surface area (Å²) in [5.41, 5.74) is 0. The maximum atomic E-state index is 1.57. The van der Waals surface area contributed by atoms with Crippen LogP contribution in [0.2, 0.25) is 0 Å². The molecule has 0 amide bonds. The SMILES string of the molecule is [AlH2][Mg][SiH3].[AlH3]. The van der Waals surface area contributed by atoms with Gasteiger partial charge in [0.1, 0.15) is 0 Å². The molecule has 0 radical (unpaired) electrons. The minimum absolute atomic E-state index is 0. The van der Waals surface area contributed by atoms with Gasteiger partial charge in [-0.15, -0.1) is 7.89 Å². The Morgan fingerprint density at radius 3 is 1.75 bits per heavy atom. The largest absolute Gasteiger partial charge is 0.287 e. The Morgan fingerprint density at radius 1 is 1.75 bits per heavy atom. The van der Waals surface area contributed by atoms with Gasteiger partial charge < -0.3 is 0 Å². The molecule has 0 aliphatic carbocycles. The van der Waals surface area contributed by atoms with Gasteiger partial charge in [0.05, 0.1) is 13.2 Å². The average molecular weight is 114 g/mol. The quantitative estimate of drug-likeness (QED) is 0.285. The smallest absolute Gasteiger partial charge is 0.118 e. The molecule has 0 atom stereocenters. The first-order chi connectivity index (χ1) is 1.41. The fourth-order valence-electron chi connectivity index (χ4n) is 0. The normalized spacial score (nSPS) is 3.00. The van der Waals surface area contributed by atoms with E-state index in [0.29, 0.717) is 17.3 Å². The lowest BCUT2D eigenvalue weighted by atomic mass is 23.8. The maximum absolute atomic E-state index is 1.57. The lowest BCUT2D eigenvalue weighted by Crippen LogP contribution is -1.79. The fourth-order valence-corrected chi connectivity index (χ4v) is 0. The van der Waals surface area contributed by atoms with Crippen molar-refractivity contribution in [3.63, 3.8) is 0 Å². The molecule has 0 aliphatic rings. The van der Waals surface area contributed by atoms with Gasteiger partial charge in [-0.3, -0.25) is 0 Å². The molecule has 0 bridgehead atoms. The fraction of sp³-hybridized carbons (Fsp3) is 0. The number of hydrogen-bond acceptors (Lipinski definition) is 0. The highest BCUT2D eigenvalue weighted by molar-refractivity contribution is 7.17. The maximum Gasteiger partial charge on any atom is 0.287 e. The molecule has 0 N–H and O–H groups in total. The Kier molecular flexibility index (Phi) is 20.9. The second kappa shape index (κ2) is 8.90. The molecule has 0 aromatic heterocycles. The van der Waals surface area contributed by atoms with Crippen LogP contribution in [0.3, 0.4) is 0 Å². The van der Waals surface area contributed by atoms with Gasteiger partial charge in [0.2, 0.25) is 0 Å². The number of hydrogen-bond donors (Lipinski definition) is 0. The van der Waals surface area contributed by atoms with Crippen molar-refractivity contribution in [2.24, 2.45) is 0 Å². The van der Waals surface area contributed by atoms with Crippen LogP contribution in [0.25, 0.3) is 0 Å². The summed E-state index contributed by atoms with van der Waals surface area (Å²) in [7, 11) is 1.57. The van der Waals surface area contributed by atoms with Crippen molar-refractivity contribution in [1.29, 1.82) is 0 Å². The zero-order valence-corrected chi connectivity index (χ0v) is 8.12. The van der Waals surface area contributed by atoms with Gasteiger partial charge in [-0.25, -0.2) is 0 Å². The van der Waals surface area contributed by atoms with Crippen molar-refractivity contribution in [3.05, 3.63) is 0 Å². The monoisotopic (exact) mass is 114 g/mol. The van der Waals surface area contributed by atoms with E-state index in [-0.39, 0.29) is 17.4 Å². The molecule has 0 saturated carbocycles. The van der Waals surface area contributed by atoms with E-state index in [0.717, 1.165) is 0 Å². The summed E-state index contributed by atoms with van der Waals surface area (Å²) in [5, 5.41) is 0. The summed E-state index contributed by atoms with van der Waals surface area (Å²) in [6.45, 7) is 0. The van der Waals surface area contributed by atoms with Gasteiger partial charge in [-0.2, -0.15) is 0 Å². The van der Waals surface area contributed by atoms with E-state index in [4.69, 9.17) is 0 Å². The highest BCUT2D eigenvalue weighted by Crippen LogP contribution is 1.03. The van der Waals surface area contributed by atoms with Crippen LogP contribution in [-0.2, 0) is 0 Å². The van der Waals surface area contributed by atoms with E-state index >= 15 is 0 Å². The Labute approximate surface area is 55.2 Å². The summed E-state index contributed by atoms with van der Waals surface area (Å²) in [4.78, 5) is 0. The van der Waals surface area contributed by atoms with E-state index in [1.165, 1.54) is 0 Å². The van der Waals surface area contributed by atoms with Gasteiger partial charge in [0, 0.05) is 0 Å². The molecule has 0 spiro atoms. The van der Waals surface area contributed by atoms with Crippen molar-refractivity contribution in [1.82, 2.24) is 0 Å². The lowest BCUT2D eigenvalue weighted by molar-refractivity contribution is 4.34. The van der Waals surface area contributed by atoms with Crippen LogP contribution < -0.4 is 0 Å². The third-order valence-corrected chi connectivity index (χ3v) is 0. The molecular weight excluding hydrogens is 106 g/mol. The Hall–Kier alpha value is 2.05. The predicted molar refractivity (Wildman–Crippen MR) is 34.2 cm³/mol. The van der Waals surface area contributed by atoms with E-state index in [1.807, 2.05) is 0 Å². The first-order valence-electron chi connectivity index (χ1n) is 1.41. The summed E-state index contributed by atoms with van der Waals surface area (Å²) < 4.78 is 0. The van der Waals surface area contributed by atoms with Crippen molar-refractivity contribution >= 4 is 55.8 Å². The van der Waals surface area contributed by atoms with Gasteiger partial charge in [-0.05, 0) is 0 Å². The number of rotatable bonds is 0. The first-order valence-corrected chi connectivity index (χ1v) is 12.7. The molecule has 0 fully saturated rings. The second-order valence-electron chi connectivity index (χ2n) is 0.707. The van der Waals surface area contributed by atoms with Gasteiger partial charge in [0.15, 0.2) is 17.4 Å². The van der Waals surface area contributed by atoms with Crippen molar-refractivity contribution in [3.8, 4) is 0 Å².